The zero-order valence-corrected chi connectivity index (χ0v) is 11.1. The van der Waals surface area contributed by atoms with Gasteiger partial charge in [0.15, 0.2) is 0 Å². The van der Waals surface area contributed by atoms with E-state index in [1.807, 2.05) is 24.3 Å². The molecule has 2 heterocycles. The molecule has 0 unspecified atom stereocenters. The van der Waals surface area contributed by atoms with Crippen LogP contribution in [0.25, 0.3) is 10.9 Å². The van der Waals surface area contributed by atoms with Gasteiger partial charge in [0.25, 0.3) is 0 Å². The fourth-order valence-corrected chi connectivity index (χ4v) is 2.51. The average Bonchev–Trinajstić information content (AvgIpc) is 2.90. The standard InChI is InChI=1S/C14H17N3O3/c18-9-12-10-20-6-5-16(12)14(19)8-17-13-4-2-1-3-11(13)7-15-17/h1-4,7,12,18H,5-6,8-10H2/t12-/m1/s1. The Morgan fingerprint density at radius 1 is 1.45 bits per heavy atom. The van der Waals surface area contributed by atoms with E-state index in [9.17, 15) is 9.90 Å². The minimum Gasteiger partial charge on any atom is -0.394 e. The number of rotatable bonds is 3. The van der Waals surface area contributed by atoms with E-state index in [0.717, 1.165) is 10.9 Å². The van der Waals surface area contributed by atoms with Crippen LogP contribution in [0.15, 0.2) is 30.5 Å². The van der Waals surface area contributed by atoms with Crippen molar-refractivity contribution in [2.75, 3.05) is 26.4 Å². The molecule has 1 amide bonds. The van der Waals surface area contributed by atoms with E-state index in [0.29, 0.717) is 19.8 Å². The number of carbonyl (C=O) groups is 1. The largest absolute Gasteiger partial charge is 0.394 e. The van der Waals surface area contributed by atoms with E-state index in [1.54, 1.807) is 15.8 Å². The minimum atomic E-state index is -0.252. The van der Waals surface area contributed by atoms with Crippen LogP contribution in [0.4, 0.5) is 0 Å². The second kappa shape index (κ2) is 5.60. The number of benzene rings is 1. The number of ether oxygens (including phenoxy) is 1. The number of morpholine rings is 1. The number of nitrogens with zero attached hydrogens (tertiary/aromatic N) is 3. The first-order valence-electron chi connectivity index (χ1n) is 6.68. The number of para-hydroxylation sites is 1. The van der Waals surface area contributed by atoms with Gasteiger partial charge in [-0.1, -0.05) is 18.2 Å². The van der Waals surface area contributed by atoms with E-state index >= 15 is 0 Å². The molecular formula is C14H17N3O3. The van der Waals surface area contributed by atoms with Crippen molar-refractivity contribution >= 4 is 16.8 Å². The van der Waals surface area contributed by atoms with Crippen LogP contribution >= 0.6 is 0 Å². The smallest absolute Gasteiger partial charge is 0.244 e. The van der Waals surface area contributed by atoms with Gasteiger partial charge in [0, 0.05) is 11.9 Å². The van der Waals surface area contributed by atoms with Crippen molar-refractivity contribution in [3.63, 3.8) is 0 Å². The maximum absolute atomic E-state index is 12.4. The summed E-state index contributed by atoms with van der Waals surface area (Å²) in [6.07, 6.45) is 1.76. The Balaban J connectivity index is 1.78. The summed E-state index contributed by atoms with van der Waals surface area (Å²) in [5, 5.41) is 14.6. The van der Waals surface area contributed by atoms with Crippen molar-refractivity contribution in [2.45, 2.75) is 12.6 Å². The summed E-state index contributed by atoms with van der Waals surface area (Å²) in [5.74, 6) is -0.0406. The molecule has 1 saturated heterocycles. The SMILES string of the molecule is O=C(Cn1ncc2ccccc21)N1CCOC[C@H]1CO. The fraction of sp³-hybridized carbons (Fsp3) is 0.429. The topological polar surface area (TPSA) is 67.6 Å². The van der Waals surface area contributed by atoms with Crippen LogP contribution in [-0.2, 0) is 16.1 Å². The Morgan fingerprint density at radius 2 is 2.30 bits per heavy atom. The molecule has 6 nitrogen and oxygen atoms in total. The number of fused-ring (bicyclic) bond motifs is 1. The molecule has 1 N–H and O–H groups in total. The Bertz CT molecular complexity index is 610. The van der Waals surface area contributed by atoms with E-state index in [2.05, 4.69) is 5.10 Å². The Kier molecular flexibility index (Phi) is 3.66. The zero-order chi connectivity index (χ0) is 13.9. The molecule has 106 valence electrons. The number of aliphatic hydroxyl groups excluding tert-OH is 1. The second-order valence-corrected chi connectivity index (χ2v) is 4.86. The number of aromatic nitrogens is 2. The summed E-state index contributed by atoms with van der Waals surface area (Å²) in [6.45, 7) is 1.53. The Hall–Kier alpha value is -1.92. The number of aliphatic hydroxyl groups is 1. The molecule has 0 bridgehead atoms. The van der Waals surface area contributed by atoms with Gasteiger partial charge in [-0.25, -0.2) is 0 Å². The summed E-state index contributed by atoms with van der Waals surface area (Å²) >= 11 is 0. The van der Waals surface area contributed by atoms with Gasteiger partial charge in [-0.2, -0.15) is 5.10 Å². The van der Waals surface area contributed by atoms with Gasteiger partial charge >= 0.3 is 0 Å². The summed E-state index contributed by atoms with van der Waals surface area (Å²) in [5.41, 5.74) is 0.939. The molecule has 1 atom stereocenters. The normalized spacial score (nSPS) is 19.4. The highest BCUT2D eigenvalue weighted by Crippen LogP contribution is 2.14. The molecule has 1 aromatic heterocycles. The molecule has 6 heteroatoms. The number of carbonyl (C=O) groups excluding carboxylic acids is 1. The fourth-order valence-electron chi connectivity index (χ4n) is 2.51. The summed E-state index contributed by atoms with van der Waals surface area (Å²) < 4.78 is 6.98. The van der Waals surface area contributed by atoms with Crippen LogP contribution < -0.4 is 0 Å². The molecule has 0 radical (unpaired) electrons. The first-order chi connectivity index (χ1) is 9.79. The molecule has 0 saturated carbocycles. The van der Waals surface area contributed by atoms with Crippen molar-refractivity contribution in [2.24, 2.45) is 0 Å². The number of hydrogen-bond donors (Lipinski definition) is 1. The van der Waals surface area contributed by atoms with Gasteiger partial charge in [0.05, 0.1) is 37.6 Å². The van der Waals surface area contributed by atoms with E-state index < -0.39 is 0 Å². The van der Waals surface area contributed by atoms with Crippen LogP contribution in [0.1, 0.15) is 0 Å². The lowest BCUT2D eigenvalue weighted by Gasteiger charge is -2.34. The third-order valence-corrected chi connectivity index (χ3v) is 3.59. The lowest BCUT2D eigenvalue weighted by atomic mass is 10.2. The van der Waals surface area contributed by atoms with Crippen molar-refractivity contribution in [3.05, 3.63) is 30.5 Å². The number of amides is 1. The molecule has 0 spiro atoms. The van der Waals surface area contributed by atoms with E-state index in [-0.39, 0.29) is 25.1 Å². The summed E-state index contributed by atoms with van der Waals surface area (Å²) in [6, 6.07) is 7.53. The lowest BCUT2D eigenvalue weighted by molar-refractivity contribution is -0.142. The molecule has 20 heavy (non-hydrogen) atoms. The maximum Gasteiger partial charge on any atom is 0.244 e. The quantitative estimate of drug-likeness (QED) is 0.872. The van der Waals surface area contributed by atoms with Crippen LogP contribution in [0.2, 0.25) is 0 Å². The second-order valence-electron chi connectivity index (χ2n) is 4.86. The third kappa shape index (κ3) is 2.39. The summed E-state index contributed by atoms with van der Waals surface area (Å²) in [4.78, 5) is 14.1. The van der Waals surface area contributed by atoms with Crippen molar-refractivity contribution in [1.29, 1.82) is 0 Å². The predicted molar refractivity (Wildman–Crippen MR) is 73.1 cm³/mol. The first-order valence-corrected chi connectivity index (χ1v) is 6.68. The van der Waals surface area contributed by atoms with Crippen molar-refractivity contribution in [3.8, 4) is 0 Å². The molecule has 1 aliphatic heterocycles. The highest BCUT2D eigenvalue weighted by molar-refractivity contribution is 5.82. The maximum atomic E-state index is 12.4. The Morgan fingerprint density at radius 3 is 3.15 bits per heavy atom. The average molecular weight is 275 g/mol. The van der Waals surface area contributed by atoms with E-state index in [4.69, 9.17) is 4.74 Å². The molecule has 2 aromatic rings. The van der Waals surface area contributed by atoms with E-state index in [1.165, 1.54) is 0 Å². The van der Waals surface area contributed by atoms with Crippen LogP contribution in [0, 0.1) is 0 Å². The molecule has 1 aliphatic rings. The van der Waals surface area contributed by atoms with Crippen LogP contribution in [0.5, 0.6) is 0 Å². The highest BCUT2D eigenvalue weighted by Gasteiger charge is 2.27. The molecule has 0 aliphatic carbocycles. The van der Waals surface area contributed by atoms with Gasteiger partial charge in [0.1, 0.15) is 6.54 Å². The number of hydrogen-bond acceptors (Lipinski definition) is 4. The molecule has 1 fully saturated rings. The van der Waals surface area contributed by atoms with Gasteiger partial charge < -0.3 is 14.7 Å². The van der Waals surface area contributed by atoms with Gasteiger partial charge in [-0.15, -0.1) is 0 Å². The molecule has 3 rings (SSSR count). The third-order valence-electron chi connectivity index (χ3n) is 3.59. The molecular weight excluding hydrogens is 258 g/mol. The van der Waals surface area contributed by atoms with Gasteiger partial charge in [0.2, 0.25) is 5.91 Å². The van der Waals surface area contributed by atoms with Crippen LogP contribution in [-0.4, -0.2) is 58.1 Å². The predicted octanol–water partition coefficient (Wildman–Crippen LogP) is 0.256. The Labute approximate surface area is 116 Å². The minimum absolute atomic E-state index is 0.0406. The summed E-state index contributed by atoms with van der Waals surface area (Å²) in [7, 11) is 0. The van der Waals surface area contributed by atoms with Gasteiger partial charge in [-0.3, -0.25) is 9.48 Å². The van der Waals surface area contributed by atoms with Crippen LogP contribution in [0.3, 0.4) is 0 Å². The lowest BCUT2D eigenvalue weighted by Crippen LogP contribution is -2.51. The van der Waals surface area contributed by atoms with Gasteiger partial charge in [-0.05, 0) is 6.07 Å². The van der Waals surface area contributed by atoms with Crippen molar-refractivity contribution < 1.29 is 14.6 Å². The highest BCUT2D eigenvalue weighted by atomic mass is 16.5. The zero-order valence-electron chi connectivity index (χ0n) is 11.1. The van der Waals surface area contributed by atoms with Crippen molar-refractivity contribution in [1.82, 2.24) is 14.7 Å². The first kappa shape index (κ1) is 13.1. The molecule has 1 aromatic carbocycles. The monoisotopic (exact) mass is 275 g/mol.